The second-order valence-corrected chi connectivity index (χ2v) is 17.9. The van der Waals surface area contributed by atoms with Crippen LogP contribution in [-0.4, -0.2) is 89.9 Å². The van der Waals surface area contributed by atoms with Crippen LogP contribution in [0.4, 0.5) is 4.39 Å². The molecular formula is C47H52Cl3FN6O5. The number of methoxy groups -OCH3 is 1. The fourth-order valence-corrected chi connectivity index (χ4v) is 9.89. The van der Waals surface area contributed by atoms with Gasteiger partial charge in [-0.1, -0.05) is 65.1 Å². The minimum Gasteiger partial charge on any atom is -0.496 e. The van der Waals surface area contributed by atoms with Crippen molar-refractivity contribution >= 4 is 58.4 Å². The lowest BCUT2D eigenvalue weighted by atomic mass is 9.96. The Morgan fingerprint density at radius 3 is 1.52 bits per heavy atom. The van der Waals surface area contributed by atoms with E-state index in [0.717, 1.165) is 80.6 Å². The molecule has 4 aromatic carbocycles. The zero-order chi connectivity index (χ0) is 43.8. The Hall–Kier alpha value is -4.72. The Morgan fingerprint density at radius 2 is 1.06 bits per heavy atom. The van der Waals surface area contributed by atoms with Crippen LogP contribution in [0.1, 0.15) is 83.2 Å². The maximum absolute atomic E-state index is 13.2. The Morgan fingerprint density at radius 1 is 0.613 bits per heavy atom. The Bertz CT molecular complexity index is 2190. The van der Waals surface area contributed by atoms with Gasteiger partial charge in [-0.15, -0.1) is 0 Å². The lowest BCUT2D eigenvalue weighted by molar-refractivity contribution is -0.122. The average molecular weight is 906 g/mol. The molecular weight excluding hydrogens is 854 g/mol. The van der Waals surface area contributed by atoms with Crippen molar-refractivity contribution in [2.45, 2.75) is 101 Å². The van der Waals surface area contributed by atoms with Crippen molar-refractivity contribution in [3.05, 3.63) is 134 Å². The Labute approximate surface area is 377 Å². The molecule has 0 radical (unpaired) electrons. The van der Waals surface area contributed by atoms with Gasteiger partial charge in [0, 0.05) is 70.0 Å². The topological polar surface area (TPSA) is 132 Å². The number of nitrogens with one attached hydrogen (secondary N) is 4. The van der Waals surface area contributed by atoms with Gasteiger partial charge in [0.1, 0.15) is 11.6 Å². The number of carbonyl (C=O) groups is 4. The molecule has 0 aliphatic carbocycles. The first kappa shape index (κ1) is 45.3. The van der Waals surface area contributed by atoms with Gasteiger partial charge in [-0.25, -0.2) is 4.39 Å². The fraction of sp³-hybridized carbons (Fsp3) is 0.404. The molecule has 4 N–H and O–H groups in total. The van der Waals surface area contributed by atoms with Crippen LogP contribution >= 0.6 is 34.8 Å². The molecule has 328 valence electrons. The van der Waals surface area contributed by atoms with Gasteiger partial charge in [-0.05, 0) is 123 Å². The summed E-state index contributed by atoms with van der Waals surface area (Å²) in [6.45, 7) is 1.60. The molecule has 4 aliphatic rings. The zero-order valence-electron chi connectivity index (χ0n) is 34.6. The van der Waals surface area contributed by atoms with Crippen LogP contribution in [0.25, 0.3) is 0 Å². The summed E-state index contributed by atoms with van der Waals surface area (Å²) in [5, 5.41) is 13.3. The largest absolute Gasteiger partial charge is 0.496 e. The van der Waals surface area contributed by atoms with E-state index in [2.05, 4.69) is 55.3 Å². The number of fused-ring (bicyclic) bond motifs is 4. The lowest BCUT2D eigenvalue weighted by Crippen LogP contribution is -2.51. The molecule has 4 saturated heterocycles. The van der Waals surface area contributed by atoms with E-state index in [1.807, 2.05) is 24.3 Å². The van der Waals surface area contributed by atoms with Gasteiger partial charge < -0.3 is 26.0 Å². The predicted molar refractivity (Wildman–Crippen MR) is 239 cm³/mol. The van der Waals surface area contributed by atoms with Gasteiger partial charge >= 0.3 is 0 Å². The van der Waals surface area contributed by atoms with Crippen molar-refractivity contribution in [1.29, 1.82) is 0 Å². The van der Waals surface area contributed by atoms with E-state index in [9.17, 15) is 23.6 Å². The van der Waals surface area contributed by atoms with E-state index in [4.69, 9.17) is 39.5 Å². The second kappa shape index (κ2) is 21.1. The van der Waals surface area contributed by atoms with Gasteiger partial charge in [0.15, 0.2) is 0 Å². The van der Waals surface area contributed by atoms with E-state index in [1.54, 1.807) is 12.1 Å². The highest BCUT2D eigenvalue weighted by Gasteiger charge is 2.42. The van der Waals surface area contributed by atoms with Gasteiger partial charge in [-0.3, -0.25) is 29.0 Å². The first-order valence-electron chi connectivity index (χ1n) is 21.1. The summed E-state index contributed by atoms with van der Waals surface area (Å²) < 4.78 is 18.4. The molecule has 4 heterocycles. The summed E-state index contributed by atoms with van der Waals surface area (Å²) in [7, 11) is 1.49. The third kappa shape index (κ3) is 12.0. The highest BCUT2D eigenvalue weighted by Crippen LogP contribution is 2.38. The van der Waals surface area contributed by atoms with Crippen LogP contribution in [0.15, 0.2) is 91.0 Å². The summed E-state index contributed by atoms with van der Waals surface area (Å²) >= 11 is 18.0. The monoisotopic (exact) mass is 904 g/mol. The predicted octanol–water partition coefficient (Wildman–Crippen LogP) is 7.56. The van der Waals surface area contributed by atoms with Crippen LogP contribution in [0.3, 0.4) is 0 Å². The number of halogens is 4. The van der Waals surface area contributed by atoms with Gasteiger partial charge in [0.05, 0.1) is 25.8 Å². The van der Waals surface area contributed by atoms with Crippen molar-refractivity contribution in [1.82, 2.24) is 31.1 Å². The van der Waals surface area contributed by atoms with E-state index >= 15 is 0 Å². The minimum atomic E-state index is -0.479. The molecule has 0 aromatic heterocycles. The van der Waals surface area contributed by atoms with Gasteiger partial charge in [0.25, 0.3) is 11.8 Å². The number of rotatable bonds is 13. The molecule has 4 bridgehead atoms. The lowest BCUT2D eigenvalue weighted by Gasteiger charge is -2.39. The number of hydrogen-bond acceptors (Lipinski definition) is 7. The van der Waals surface area contributed by atoms with E-state index < -0.39 is 17.6 Å². The van der Waals surface area contributed by atoms with Crippen molar-refractivity contribution in [2.75, 3.05) is 20.2 Å². The number of nitrogens with zero attached hydrogens (tertiary/aromatic N) is 2. The molecule has 8 rings (SSSR count). The molecule has 4 aliphatic heterocycles. The number of amides is 4. The van der Waals surface area contributed by atoms with E-state index in [0.29, 0.717) is 40.5 Å². The zero-order valence-corrected chi connectivity index (χ0v) is 36.8. The van der Waals surface area contributed by atoms with Crippen LogP contribution in [-0.2, 0) is 22.7 Å². The Balaban J connectivity index is 0.000000187. The first-order chi connectivity index (χ1) is 29.9. The van der Waals surface area contributed by atoms with Crippen LogP contribution in [0, 0.1) is 5.82 Å². The molecule has 4 amide bonds. The number of carbonyl (C=O) groups excluding carboxylic acids is 4. The summed E-state index contributed by atoms with van der Waals surface area (Å²) in [6, 6.07) is 28.3. The number of piperidine rings is 2. The first-order valence-corrected chi connectivity index (χ1v) is 22.3. The molecule has 11 nitrogen and oxygen atoms in total. The summed E-state index contributed by atoms with van der Waals surface area (Å²) in [5.41, 5.74) is 3.02. The van der Waals surface area contributed by atoms with Crippen molar-refractivity contribution < 1.29 is 28.3 Å². The number of benzene rings is 4. The molecule has 4 fully saturated rings. The summed E-state index contributed by atoms with van der Waals surface area (Å²) in [4.78, 5) is 54.5. The van der Waals surface area contributed by atoms with Crippen molar-refractivity contribution in [3.8, 4) is 5.75 Å². The molecule has 0 unspecified atom stereocenters. The van der Waals surface area contributed by atoms with Gasteiger partial charge in [-0.2, -0.15) is 0 Å². The maximum Gasteiger partial charge on any atom is 0.255 e. The molecule has 62 heavy (non-hydrogen) atoms. The highest BCUT2D eigenvalue weighted by atomic mass is 35.5. The molecule has 0 spiro atoms. The van der Waals surface area contributed by atoms with Crippen LogP contribution in [0.2, 0.25) is 15.1 Å². The van der Waals surface area contributed by atoms with Gasteiger partial charge in [0.2, 0.25) is 11.8 Å². The quantitative estimate of drug-likeness (QED) is 0.109. The molecule has 6 atom stereocenters. The summed E-state index contributed by atoms with van der Waals surface area (Å²) in [5.74, 6) is -1.31. The van der Waals surface area contributed by atoms with Crippen molar-refractivity contribution in [3.63, 3.8) is 0 Å². The second-order valence-electron chi connectivity index (χ2n) is 16.6. The fourth-order valence-electron chi connectivity index (χ4n) is 9.46. The average Bonchev–Trinajstić information content (AvgIpc) is 3.62. The third-order valence-corrected chi connectivity index (χ3v) is 13.1. The molecule has 15 heteroatoms. The third-order valence-electron chi connectivity index (χ3n) is 12.4. The molecule has 0 saturated carbocycles. The smallest absolute Gasteiger partial charge is 0.255 e. The number of hydrogen-bond donors (Lipinski definition) is 4. The van der Waals surface area contributed by atoms with E-state index in [-0.39, 0.29) is 42.6 Å². The van der Waals surface area contributed by atoms with Crippen LogP contribution in [0.5, 0.6) is 5.75 Å². The number of ether oxygens (including phenoxy) is 1. The normalized spacial score (nSPS) is 22.8. The maximum atomic E-state index is 13.2. The highest BCUT2D eigenvalue weighted by molar-refractivity contribution is 6.31. The standard InChI is InChI=1S/C24H27Cl2N3O3.C23H25ClFN3O2/c1-32-22-9-6-17(26)10-21(22)24(31)27-13-23(30)28-18-11-19-7-8-20(12-18)29(19)14-15-2-4-16(25)5-3-15;24-17-6-4-15(5-7-17)14-28-20-8-9-21(28)12-19(11-20)27-22(29)13-26-23(30)16-2-1-3-18(25)10-16/h2-6,9-10,18-20H,7-8,11-14H2,1H3,(H,27,31)(H,28,30);1-7,10,19-21H,8-9,11-14H2,(H,26,30)(H,27,29)/t18-,19+,20-;19-,20+,21-. The van der Waals surface area contributed by atoms with Crippen LogP contribution < -0.4 is 26.0 Å². The van der Waals surface area contributed by atoms with Crippen molar-refractivity contribution in [2.24, 2.45) is 0 Å². The SMILES string of the molecule is COc1ccc(Cl)cc1C(=O)NCC(=O)N[C@H]1C[C@H]2CC[C@@H](C1)N2Cc1ccc(Cl)cc1.O=C(CNC(=O)c1cccc(F)c1)N[C@H]1C[C@H]2CC[C@@H](C1)N2Cc1ccc(Cl)cc1. The molecule has 4 aromatic rings. The van der Waals surface area contributed by atoms with E-state index in [1.165, 1.54) is 42.5 Å². The Kier molecular flexibility index (Phi) is 15.4. The minimum absolute atomic E-state index is 0.0885. The summed E-state index contributed by atoms with van der Waals surface area (Å²) in [6.07, 6.45) is 8.24.